The van der Waals surface area contributed by atoms with Crippen LogP contribution in [0, 0.1) is 16.7 Å². The van der Waals surface area contributed by atoms with Crippen molar-refractivity contribution < 1.29 is 0 Å². The standard InChI is InChI=1S/C11H11ClN2/c12-9-1-3-10(4-2-9)14-8-11(7-13)5-6-11/h1-4,14H,5-6,8H2. The zero-order valence-corrected chi connectivity index (χ0v) is 8.51. The van der Waals surface area contributed by atoms with Crippen LogP contribution in [0.2, 0.25) is 5.02 Å². The van der Waals surface area contributed by atoms with Gasteiger partial charge < -0.3 is 5.32 Å². The molecular weight excluding hydrogens is 196 g/mol. The van der Waals surface area contributed by atoms with Crippen LogP contribution in [0.3, 0.4) is 0 Å². The summed E-state index contributed by atoms with van der Waals surface area (Å²) in [5.74, 6) is 0. The molecule has 1 aliphatic rings. The predicted octanol–water partition coefficient (Wildman–Crippen LogP) is 3.06. The highest BCUT2D eigenvalue weighted by atomic mass is 35.5. The van der Waals surface area contributed by atoms with Crippen molar-refractivity contribution in [2.75, 3.05) is 11.9 Å². The molecule has 1 aromatic carbocycles. The molecule has 0 atom stereocenters. The van der Waals surface area contributed by atoms with Gasteiger partial charge in [0, 0.05) is 17.3 Å². The molecule has 14 heavy (non-hydrogen) atoms. The largest absolute Gasteiger partial charge is 0.383 e. The zero-order valence-electron chi connectivity index (χ0n) is 7.76. The molecule has 0 amide bonds. The summed E-state index contributed by atoms with van der Waals surface area (Å²) in [7, 11) is 0. The van der Waals surface area contributed by atoms with E-state index in [1.165, 1.54) is 0 Å². The van der Waals surface area contributed by atoms with E-state index >= 15 is 0 Å². The van der Waals surface area contributed by atoms with E-state index in [1.807, 2.05) is 24.3 Å². The summed E-state index contributed by atoms with van der Waals surface area (Å²) in [4.78, 5) is 0. The van der Waals surface area contributed by atoms with Crippen LogP contribution < -0.4 is 5.32 Å². The zero-order chi connectivity index (χ0) is 10.0. The molecule has 72 valence electrons. The summed E-state index contributed by atoms with van der Waals surface area (Å²) in [5.41, 5.74) is 0.926. The SMILES string of the molecule is N#CC1(CNc2ccc(Cl)cc2)CC1. The molecule has 1 aliphatic carbocycles. The molecule has 0 heterocycles. The first-order valence-electron chi connectivity index (χ1n) is 4.65. The van der Waals surface area contributed by atoms with Crippen LogP contribution in [0.1, 0.15) is 12.8 Å². The maximum Gasteiger partial charge on any atom is 0.0747 e. The Morgan fingerprint density at radius 3 is 2.50 bits per heavy atom. The smallest absolute Gasteiger partial charge is 0.0747 e. The highest BCUT2D eigenvalue weighted by Crippen LogP contribution is 2.44. The average Bonchev–Trinajstić information content (AvgIpc) is 2.98. The molecule has 0 aliphatic heterocycles. The average molecular weight is 207 g/mol. The van der Waals surface area contributed by atoms with Gasteiger partial charge in [0.2, 0.25) is 0 Å². The number of nitrogens with zero attached hydrogens (tertiary/aromatic N) is 1. The second-order valence-electron chi connectivity index (χ2n) is 3.75. The maximum absolute atomic E-state index is 8.87. The number of hydrogen-bond donors (Lipinski definition) is 1. The maximum atomic E-state index is 8.87. The normalized spacial score (nSPS) is 17.1. The monoisotopic (exact) mass is 206 g/mol. The Labute approximate surface area is 88.5 Å². The minimum absolute atomic E-state index is 0.0976. The van der Waals surface area contributed by atoms with E-state index in [0.29, 0.717) is 0 Å². The van der Waals surface area contributed by atoms with Crippen LogP contribution in [0.4, 0.5) is 5.69 Å². The Kier molecular flexibility index (Phi) is 2.35. The van der Waals surface area contributed by atoms with Gasteiger partial charge in [0.05, 0.1) is 11.5 Å². The number of halogens is 1. The van der Waals surface area contributed by atoms with E-state index in [0.717, 1.165) is 30.1 Å². The molecule has 0 aromatic heterocycles. The lowest BCUT2D eigenvalue weighted by molar-refractivity contribution is 0.711. The molecule has 0 saturated heterocycles. The topological polar surface area (TPSA) is 35.8 Å². The van der Waals surface area contributed by atoms with Gasteiger partial charge in [0.25, 0.3) is 0 Å². The minimum atomic E-state index is -0.0976. The van der Waals surface area contributed by atoms with E-state index < -0.39 is 0 Å². The van der Waals surface area contributed by atoms with Crippen LogP contribution in [-0.2, 0) is 0 Å². The lowest BCUT2D eigenvalue weighted by Gasteiger charge is -2.08. The van der Waals surface area contributed by atoms with Crippen molar-refractivity contribution in [2.45, 2.75) is 12.8 Å². The fourth-order valence-electron chi connectivity index (χ4n) is 1.32. The molecule has 2 rings (SSSR count). The highest BCUT2D eigenvalue weighted by molar-refractivity contribution is 6.30. The Bertz CT molecular complexity index is 360. The predicted molar refractivity (Wildman–Crippen MR) is 57.2 cm³/mol. The van der Waals surface area contributed by atoms with Gasteiger partial charge in [-0.05, 0) is 37.1 Å². The number of rotatable bonds is 3. The van der Waals surface area contributed by atoms with Crippen molar-refractivity contribution in [1.29, 1.82) is 5.26 Å². The number of hydrogen-bond acceptors (Lipinski definition) is 2. The van der Waals surface area contributed by atoms with Crippen molar-refractivity contribution in [2.24, 2.45) is 5.41 Å². The van der Waals surface area contributed by atoms with Gasteiger partial charge in [0.1, 0.15) is 0 Å². The molecule has 1 saturated carbocycles. The highest BCUT2D eigenvalue weighted by Gasteiger charge is 2.42. The Morgan fingerprint density at radius 1 is 1.36 bits per heavy atom. The van der Waals surface area contributed by atoms with Crippen molar-refractivity contribution >= 4 is 17.3 Å². The van der Waals surface area contributed by atoms with E-state index in [2.05, 4.69) is 11.4 Å². The van der Waals surface area contributed by atoms with Crippen molar-refractivity contribution in [3.05, 3.63) is 29.3 Å². The third-order valence-electron chi connectivity index (χ3n) is 2.57. The lowest BCUT2D eigenvalue weighted by Crippen LogP contribution is -2.13. The van der Waals surface area contributed by atoms with Crippen LogP contribution in [0.25, 0.3) is 0 Å². The molecular formula is C11H11ClN2. The van der Waals surface area contributed by atoms with Crippen LogP contribution in [0.5, 0.6) is 0 Å². The van der Waals surface area contributed by atoms with Crippen LogP contribution in [0.15, 0.2) is 24.3 Å². The van der Waals surface area contributed by atoms with Gasteiger partial charge in [-0.25, -0.2) is 0 Å². The number of anilines is 1. The van der Waals surface area contributed by atoms with E-state index in [-0.39, 0.29) is 5.41 Å². The first kappa shape index (κ1) is 9.36. The van der Waals surface area contributed by atoms with Gasteiger partial charge in [-0.2, -0.15) is 5.26 Å². The summed E-state index contributed by atoms with van der Waals surface area (Å²) >= 11 is 5.76. The molecule has 0 radical (unpaired) electrons. The van der Waals surface area contributed by atoms with E-state index in [9.17, 15) is 0 Å². The van der Waals surface area contributed by atoms with Crippen LogP contribution in [-0.4, -0.2) is 6.54 Å². The molecule has 0 bridgehead atoms. The van der Waals surface area contributed by atoms with E-state index in [4.69, 9.17) is 16.9 Å². The van der Waals surface area contributed by atoms with Crippen molar-refractivity contribution in [1.82, 2.24) is 0 Å². The van der Waals surface area contributed by atoms with Gasteiger partial charge in [-0.15, -0.1) is 0 Å². The Hall–Kier alpha value is -1.20. The molecule has 2 nitrogen and oxygen atoms in total. The third-order valence-corrected chi connectivity index (χ3v) is 2.82. The van der Waals surface area contributed by atoms with Gasteiger partial charge in [-0.3, -0.25) is 0 Å². The fourth-order valence-corrected chi connectivity index (χ4v) is 1.44. The Balaban J connectivity index is 1.93. The lowest BCUT2D eigenvalue weighted by atomic mass is 10.1. The minimum Gasteiger partial charge on any atom is -0.383 e. The molecule has 0 unspecified atom stereocenters. The van der Waals surface area contributed by atoms with Crippen molar-refractivity contribution in [3.63, 3.8) is 0 Å². The van der Waals surface area contributed by atoms with E-state index in [1.54, 1.807) is 0 Å². The van der Waals surface area contributed by atoms with Gasteiger partial charge in [0.15, 0.2) is 0 Å². The second kappa shape index (κ2) is 3.51. The second-order valence-corrected chi connectivity index (χ2v) is 4.19. The summed E-state index contributed by atoms with van der Waals surface area (Å²) in [6, 6.07) is 9.88. The third kappa shape index (κ3) is 2.00. The number of nitriles is 1. The van der Waals surface area contributed by atoms with Crippen LogP contribution >= 0.6 is 11.6 Å². The number of benzene rings is 1. The summed E-state index contributed by atoms with van der Waals surface area (Å²) in [6.07, 6.45) is 2.04. The fraction of sp³-hybridized carbons (Fsp3) is 0.364. The number of nitrogens with one attached hydrogen (secondary N) is 1. The summed E-state index contributed by atoms with van der Waals surface area (Å²) in [5, 5.41) is 12.8. The molecule has 3 heteroatoms. The van der Waals surface area contributed by atoms with Gasteiger partial charge in [-0.1, -0.05) is 11.6 Å². The Morgan fingerprint density at radius 2 is 2.00 bits per heavy atom. The molecule has 1 fully saturated rings. The quantitative estimate of drug-likeness (QED) is 0.825. The molecule has 1 aromatic rings. The molecule has 1 N–H and O–H groups in total. The summed E-state index contributed by atoms with van der Waals surface area (Å²) in [6.45, 7) is 0.741. The molecule has 0 spiro atoms. The first-order valence-corrected chi connectivity index (χ1v) is 5.03. The first-order chi connectivity index (χ1) is 6.74. The summed E-state index contributed by atoms with van der Waals surface area (Å²) < 4.78 is 0. The van der Waals surface area contributed by atoms with Gasteiger partial charge >= 0.3 is 0 Å². The van der Waals surface area contributed by atoms with Crippen molar-refractivity contribution in [3.8, 4) is 6.07 Å².